The Morgan fingerprint density at radius 3 is 2.67 bits per heavy atom. The lowest BCUT2D eigenvalue weighted by Crippen LogP contribution is -2.35. The van der Waals surface area contributed by atoms with Crippen LogP contribution in [0.3, 0.4) is 0 Å². The van der Waals surface area contributed by atoms with Crippen molar-refractivity contribution in [2.24, 2.45) is 0 Å². The van der Waals surface area contributed by atoms with Crippen LogP contribution in [0.5, 0.6) is 0 Å². The number of aliphatic hydroxyl groups is 1. The SMILES string of the molecule is CC(CO)NC(=O)c1cc([N+](=O)[O-])cc(Cl)c1Cl. The quantitative estimate of drug-likeness (QED) is 0.656. The van der Waals surface area contributed by atoms with Crippen LogP contribution in [0.4, 0.5) is 5.69 Å². The van der Waals surface area contributed by atoms with Crippen LogP contribution in [0.15, 0.2) is 12.1 Å². The summed E-state index contributed by atoms with van der Waals surface area (Å²) < 4.78 is 0. The molecule has 0 bridgehead atoms. The van der Waals surface area contributed by atoms with E-state index < -0.39 is 16.9 Å². The zero-order chi connectivity index (χ0) is 13.9. The number of non-ortho nitro benzene ring substituents is 1. The summed E-state index contributed by atoms with van der Waals surface area (Å²) in [6.07, 6.45) is 0. The van der Waals surface area contributed by atoms with E-state index in [9.17, 15) is 14.9 Å². The van der Waals surface area contributed by atoms with Crippen molar-refractivity contribution in [1.82, 2.24) is 5.32 Å². The summed E-state index contributed by atoms with van der Waals surface area (Å²) in [4.78, 5) is 21.8. The standard InChI is InChI=1S/C10H10Cl2N2O4/c1-5(4-15)13-10(16)7-2-6(14(17)18)3-8(11)9(7)12/h2-3,5,15H,4H2,1H3,(H,13,16). The number of nitro groups is 1. The van der Waals surface area contributed by atoms with Gasteiger partial charge in [0.15, 0.2) is 0 Å². The van der Waals surface area contributed by atoms with Crippen LogP contribution in [0, 0.1) is 10.1 Å². The van der Waals surface area contributed by atoms with E-state index in [4.69, 9.17) is 28.3 Å². The van der Waals surface area contributed by atoms with Crippen molar-refractivity contribution >= 4 is 34.8 Å². The predicted molar refractivity (Wildman–Crippen MR) is 67.1 cm³/mol. The molecule has 2 N–H and O–H groups in total. The number of benzene rings is 1. The lowest BCUT2D eigenvalue weighted by Gasteiger charge is -2.12. The van der Waals surface area contributed by atoms with Gasteiger partial charge in [-0.05, 0) is 6.92 Å². The van der Waals surface area contributed by atoms with E-state index in [1.807, 2.05) is 0 Å². The van der Waals surface area contributed by atoms with Gasteiger partial charge in [-0.3, -0.25) is 14.9 Å². The van der Waals surface area contributed by atoms with Crippen molar-refractivity contribution in [1.29, 1.82) is 0 Å². The topological polar surface area (TPSA) is 92.5 Å². The molecule has 0 aliphatic heterocycles. The number of amides is 1. The molecular weight excluding hydrogens is 283 g/mol. The Labute approximate surface area is 113 Å². The van der Waals surface area contributed by atoms with E-state index in [0.717, 1.165) is 12.1 Å². The minimum Gasteiger partial charge on any atom is -0.394 e. The van der Waals surface area contributed by atoms with Crippen LogP contribution in [-0.4, -0.2) is 28.6 Å². The number of halogens is 2. The molecule has 0 aromatic heterocycles. The van der Waals surface area contributed by atoms with Crippen LogP contribution >= 0.6 is 23.2 Å². The first-order valence-electron chi connectivity index (χ1n) is 4.92. The van der Waals surface area contributed by atoms with Crippen molar-refractivity contribution in [3.63, 3.8) is 0 Å². The Hall–Kier alpha value is -1.37. The molecule has 0 heterocycles. The number of nitrogens with zero attached hydrogens (tertiary/aromatic N) is 1. The fourth-order valence-corrected chi connectivity index (χ4v) is 1.60. The van der Waals surface area contributed by atoms with Crippen LogP contribution in [-0.2, 0) is 0 Å². The highest BCUT2D eigenvalue weighted by molar-refractivity contribution is 6.44. The largest absolute Gasteiger partial charge is 0.394 e. The highest BCUT2D eigenvalue weighted by atomic mass is 35.5. The van der Waals surface area contributed by atoms with Crippen molar-refractivity contribution in [2.45, 2.75) is 13.0 Å². The van der Waals surface area contributed by atoms with Gasteiger partial charge in [0.1, 0.15) is 0 Å². The second-order valence-electron chi connectivity index (χ2n) is 3.60. The Balaban J connectivity index is 3.14. The number of hydrogen-bond acceptors (Lipinski definition) is 4. The third-order valence-electron chi connectivity index (χ3n) is 2.12. The van der Waals surface area contributed by atoms with E-state index in [1.165, 1.54) is 0 Å². The van der Waals surface area contributed by atoms with E-state index >= 15 is 0 Å². The van der Waals surface area contributed by atoms with Crippen LogP contribution in [0.25, 0.3) is 0 Å². The highest BCUT2D eigenvalue weighted by Crippen LogP contribution is 2.30. The number of nitrogens with one attached hydrogen (secondary N) is 1. The third-order valence-corrected chi connectivity index (χ3v) is 2.92. The summed E-state index contributed by atoms with van der Waals surface area (Å²) in [6, 6.07) is 1.61. The average Bonchev–Trinajstić information content (AvgIpc) is 2.31. The number of carbonyl (C=O) groups is 1. The van der Waals surface area contributed by atoms with Gasteiger partial charge >= 0.3 is 0 Å². The molecule has 8 heteroatoms. The third kappa shape index (κ3) is 3.32. The van der Waals surface area contributed by atoms with Crippen molar-refractivity contribution in [3.8, 4) is 0 Å². The smallest absolute Gasteiger partial charge is 0.271 e. The first kappa shape index (κ1) is 14.7. The maximum absolute atomic E-state index is 11.8. The molecule has 0 aliphatic rings. The van der Waals surface area contributed by atoms with Gasteiger partial charge in [-0.1, -0.05) is 23.2 Å². The Kier molecular flexibility index (Phi) is 4.89. The molecule has 6 nitrogen and oxygen atoms in total. The Bertz CT molecular complexity index is 493. The second-order valence-corrected chi connectivity index (χ2v) is 4.39. The maximum atomic E-state index is 11.8. The molecule has 98 valence electrons. The second kappa shape index (κ2) is 5.99. The molecule has 0 radical (unpaired) electrons. The number of hydrogen-bond donors (Lipinski definition) is 2. The lowest BCUT2D eigenvalue weighted by atomic mass is 10.1. The molecule has 0 saturated heterocycles. The van der Waals surface area contributed by atoms with Gasteiger partial charge in [0.2, 0.25) is 0 Å². The number of rotatable bonds is 4. The molecule has 0 aliphatic carbocycles. The zero-order valence-electron chi connectivity index (χ0n) is 9.31. The fourth-order valence-electron chi connectivity index (χ4n) is 1.19. The van der Waals surface area contributed by atoms with Gasteiger partial charge in [-0.15, -0.1) is 0 Å². The van der Waals surface area contributed by atoms with Gasteiger partial charge < -0.3 is 10.4 Å². The van der Waals surface area contributed by atoms with E-state index in [2.05, 4.69) is 5.32 Å². The van der Waals surface area contributed by atoms with E-state index in [0.29, 0.717) is 0 Å². The molecule has 1 unspecified atom stereocenters. The van der Waals surface area contributed by atoms with Gasteiger partial charge in [-0.2, -0.15) is 0 Å². The van der Waals surface area contributed by atoms with Crippen molar-refractivity contribution < 1.29 is 14.8 Å². The summed E-state index contributed by atoms with van der Waals surface area (Å²) in [6.45, 7) is 1.32. The summed E-state index contributed by atoms with van der Waals surface area (Å²) >= 11 is 11.5. The molecule has 1 aromatic carbocycles. The number of nitro benzene ring substituents is 1. The summed E-state index contributed by atoms with van der Waals surface area (Å²) in [5.41, 5.74) is -0.428. The molecule has 1 aromatic rings. The van der Waals surface area contributed by atoms with Gasteiger partial charge in [0.25, 0.3) is 11.6 Å². The first-order valence-corrected chi connectivity index (χ1v) is 5.67. The van der Waals surface area contributed by atoms with Crippen LogP contribution < -0.4 is 5.32 Å². The number of aliphatic hydroxyl groups excluding tert-OH is 1. The summed E-state index contributed by atoms with van der Waals surface area (Å²) in [5, 5.41) is 21.7. The van der Waals surface area contributed by atoms with Crippen LogP contribution in [0.1, 0.15) is 17.3 Å². The Morgan fingerprint density at radius 2 is 2.17 bits per heavy atom. The predicted octanol–water partition coefficient (Wildman–Crippen LogP) is 2.01. The minimum absolute atomic E-state index is 0.0649. The van der Waals surface area contributed by atoms with Gasteiger partial charge in [-0.25, -0.2) is 0 Å². The summed E-state index contributed by atoms with van der Waals surface area (Å²) in [7, 11) is 0. The van der Waals surface area contributed by atoms with Gasteiger partial charge in [0, 0.05) is 18.2 Å². The van der Waals surface area contributed by atoms with E-state index in [-0.39, 0.29) is 27.9 Å². The molecule has 1 atom stereocenters. The highest BCUT2D eigenvalue weighted by Gasteiger charge is 2.20. The molecule has 0 spiro atoms. The minimum atomic E-state index is -0.672. The monoisotopic (exact) mass is 292 g/mol. The fraction of sp³-hybridized carbons (Fsp3) is 0.300. The molecule has 0 saturated carbocycles. The molecule has 1 rings (SSSR count). The molecule has 1 amide bonds. The molecular formula is C10H10Cl2N2O4. The van der Waals surface area contributed by atoms with E-state index in [1.54, 1.807) is 6.92 Å². The van der Waals surface area contributed by atoms with Crippen molar-refractivity contribution in [2.75, 3.05) is 6.61 Å². The summed E-state index contributed by atoms with van der Waals surface area (Å²) in [5.74, 6) is -0.632. The average molecular weight is 293 g/mol. The number of carbonyl (C=O) groups excluding carboxylic acids is 1. The normalized spacial score (nSPS) is 12.0. The first-order chi connectivity index (χ1) is 8.36. The maximum Gasteiger partial charge on any atom is 0.271 e. The van der Waals surface area contributed by atoms with Crippen LogP contribution in [0.2, 0.25) is 10.0 Å². The molecule has 0 fully saturated rings. The molecule has 18 heavy (non-hydrogen) atoms. The lowest BCUT2D eigenvalue weighted by molar-refractivity contribution is -0.384. The Morgan fingerprint density at radius 1 is 1.56 bits per heavy atom. The van der Waals surface area contributed by atoms with Crippen molar-refractivity contribution in [3.05, 3.63) is 37.9 Å². The zero-order valence-corrected chi connectivity index (χ0v) is 10.8. The van der Waals surface area contributed by atoms with Gasteiger partial charge in [0.05, 0.1) is 27.1 Å².